The smallest absolute Gasteiger partial charge is 0.266 e. The molecule has 0 atom stereocenters. The Morgan fingerprint density at radius 3 is 2.05 bits per heavy atom. The summed E-state index contributed by atoms with van der Waals surface area (Å²) < 4.78 is 0. The highest BCUT2D eigenvalue weighted by Crippen LogP contribution is 2.34. The van der Waals surface area contributed by atoms with E-state index < -0.39 is 0 Å². The van der Waals surface area contributed by atoms with Crippen LogP contribution in [-0.2, 0) is 6.42 Å². The fourth-order valence-electron chi connectivity index (χ4n) is 3.01. The number of carbonyl (C=O) groups excluding carboxylic acids is 2. The fraction of sp³-hybridized carbons (Fsp3) is 0.263. The molecule has 2 aromatic rings. The van der Waals surface area contributed by atoms with Crippen LogP contribution in [-0.4, -0.2) is 11.8 Å². The van der Waals surface area contributed by atoms with Crippen molar-refractivity contribution < 1.29 is 11.0 Å². The molecular weight excluding hydrogens is 274 g/mol. The first-order valence-electron chi connectivity index (χ1n) is 7.81. The fourth-order valence-corrected chi connectivity index (χ4v) is 3.01. The molecule has 2 aromatic carbocycles. The number of anilines is 1. The second-order valence-electron chi connectivity index (χ2n) is 6.14. The maximum absolute atomic E-state index is 12.4. The maximum atomic E-state index is 12.4. The number of benzene rings is 2. The summed E-state index contributed by atoms with van der Waals surface area (Å²) in [5, 5.41) is 0. The van der Waals surface area contributed by atoms with Gasteiger partial charge in [-0.1, -0.05) is 37.1 Å². The summed E-state index contributed by atoms with van der Waals surface area (Å²) in [6, 6.07) is 14.8. The highest BCUT2D eigenvalue weighted by atomic mass is 16.2. The van der Waals surface area contributed by atoms with E-state index >= 15 is 0 Å². The molecule has 0 N–H and O–H groups in total. The summed E-state index contributed by atoms with van der Waals surface area (Å²) in [5.74, 6) is 0.452. The Labute approximate surface area is 131 Å². The van der Waals surface area contributed by atoms with Gasteiger partial charge < -0.3 is 0 Å². The SMILES string of the molecule is O=C1c2ccccc2C(=O)N1c1ccc(CCC2CC2)cc1.[HH]. The summed E-state index contributed by atoms with van der Waals surface area (Å²) in [6.45, 7) is 0. The second kappa shape index (κ2) is 5.09. The van der Waals surface area contributed by atoms with E-state index in [0.29, 0.717) is 16.8 Å². The van der Waals surface area contributed by atoms with Crippen LogP contribution in [0.25, 0.3) is 0 Å². The zero-order chi connectivity index (χ0) is 15.1. The number of nitrogens with zero attached hydrogens (tertiary/aromatic N) is 1. The summed E-state index contributed by atoms with van der Waals surface area (Å²) in [5.41, 5.74) is 2.91. The molecule has 22 heavy (non-hydrogen) atoms. The molecule has 1 aliphatic heterocycles. The van der Waals surface area contributed by atoms with Gasteiger partial charge >= 0.3 is 0 Å². The first kappa shape index (κ1) is 13.3. The number of imide groups is 1. The molecular formula is C19H19NO2. The molecule has 0 radical (unpaired) electrons. The molecule has 0 bridgehead atoms. The third-order valence-corrected chi connectivity index (χ3v) is 4.53. The minimum atomic E-state index is -0.230. The van der Waals surface area contributed by atoms with Crippen LogP contribution in [0.1, 0.15) is 47.0 Å². The lowest BCUT2D eigenvalue weighted by atomic mass is 10.1. The Hall–Kier alpha value is -2.42. The van der Waals surface area contributed by atoms with E-state index in [4.69, 9.17) is 0 Å². The maximum Gasteiger partial charge on any atom is 0.266 e. The summed E-state index contributed by atoms with van der Waals surface area (Å²) >= 11 is 0. The van der Waals surface area contributed by atoms with E-state index in [1.807, 2.05) is 24.3 Å². The van der Waals surface area contributed by atoms with E-state index in [1.54, 1.807) is 24.3 Å². The van der Waals surface area contributed by atoms with Gasteiger partial charge in [0.05, 0.1) is 16.8 Å². The Bertz CT molecular complexity index is 715. The van der Waals surface area contributed by atoms with Crippen molar-refractivity contribution in [2.24, 2.45) is 5.92 Å². The minimum absolute atomic E-state index is 0. The number of carbonyl (C=O) groups is 2. The Morgan fingerprint density at radius 2 is 1.50 bits per heavy atom. The molecule has 1 fully saturated rings. The molecule has 4 rings (SSSR count). The Kier molecular flexibility index (Phi) is 3.07. The van der Waals surface area contributed by atoms with Crippen molar-refractivity contribution in [2.75, 3.05) is 4.90 Å². The highest BCUT2D eigenvalue weighted by Gasteiger charge is 2.36. The van der Waals surface area contributed by atoms with Gasteiger partial charge in [-0.15, -0.1) is 0 Å². The van der Waals surface area contributed by atoms with Crippen LogP contribution >= 0.6 is 0 Å². The van der Waals surface area contributed by atoms with Gasteiger partial charge in [0.2, 0.25) is 0 Å². The molecule has 0 unspecified atom stereocenters. The van der Waals surface area contributed by atoms with Crippen LogP contribution in [0.5, 0.6) is 0 Å². The van der Waals surface area contributed by atoms with Gasteiger partial charge in [0.25, 0.3) is 11.8 Å². The quantitative estimate of drug-likeness (QED) is 0.797. The highest BCUT2D eigenvalue weighted by molar-refractivity contribution is 6.34. The van der Waals surface area contributed by atoms with Crippen molar-refractivity contribution in [3.63, 3.8) is 0 Å². The normalized spacial score (nSPS) is 17.0. The number of aryl methyl sites for hydroxylation is 1. The topological polar surface area (TPSA) is 37.4 Å². The van der Waals surface area contributed by atoms with Gasteiger partial charge in [0.1, 0.15) is 0 Å². The van der Waals surface area contributed by atoms with Gasteiger partial charge in [-0.2, -0.15) is 0 Å². The summed E-state index contributed by atoms with van der Waals surface area (Å²) in [7, 11) is 0. The zero-order valence-corrected chi connectivity index (χ0v) is 12.3. The van der Waals surface area contributed by atoms with E-state index in [-0.39, 0.29) is 13.2 Å². The summed E-state index contributed by atoms with van der Waals surface area (Å²) in [4.78, 5) is 26.1. The van der Waals surface area contributed by atoms with Gasteiger partial charge in [-0.3, -0.25) is 9.59 Å². The van der Waals surface area contributed by atoms with Gasteiger partial charge in [0.15, 0.2) is 0 Å². The van der Waals surface area contributed by atoms with Crippen molar-refractivity contribution in [1.82, 2.24) is 0 Å². The van der Waals surface area contributed by atoms with Crippen molar-refractivity contribution in [3.05, 3.63) is 65.2 Å². The van der Waals surface area contributed by atoms with Crippen LogP contribution in [0.15, 0.2) is 48.5 Å². The molecule has 0 spiro atoms. The van der Waals surface area contributed by atoms with Crippen LogP contribution in [0.4, 0.5) is 5.69 Å². The molecule has 0 saturated heterocycles. The third-order valence-electron chi connectivity index (χ3n) is 4.53. The average Bonchev–Trinajstić information content (AvgIpc) is 3.34. The average molecular weight is 293 g/mol. The van der Waals surface area contributed by atoms with Crippen LogP contribution in [0, 0.1) is 5.92 Å². The predicted octanol–water partition coefficient (Wildman–Crippen LogP) is 4.08. The van der Waals surface area contributed by atoms with Crippen LogP contribution in [0.3, 0.4) is 0 Å². The molecule has 1 heterocycles. The largest absolute Gasteiger partial charge is 0.268 e. The first-order valence-corrected chi connectivity index (χ1v) is 7.81. The molecule has 112 valence electrons. The van der Waals surface area contributed by atoms with E-state index in [0.717, 1.165) is 12.3 Å². The van der Waals surface area contributed by atoms with Crippen molar-refractivity contribution in [1.29, 1.82) is 0 Å². The molecule has 2 aliphatic rings. The molecule has 1 saturated carbocycles. The number of hydrogen-bond donors (Lipinski definition) is 0. The Balaban J connectivity index is 0.00000156. The lowest BCUT2D eigenvalue weighted by molar-refractivity contribution is 0.0926. The van der Waals surface area contributed by atoms with Crippen LogP contribution < -0.4 is 4.90 Å². The molecule has 3 heteroatoms. The third kappa shape index (κ3) is 2.23. The minimum Gasteiger partial charge on any atom is -0.268 e. The zero-order valence-electron chi connectivity index (χ0n) is 12.3. The van der Waals surface area contributed by atoms with Crippen molar-refractivity contribution in [2.45, 2.75) is 25.7 Å². The predicted molar refractivity (Wildman–Crippen MR) is 87.2 cm³/mol. The molecule has 0 aromatic heterocycles. The van der Waals surface area contributed by atoms with E-state index in [2.05, 4.69) is 0 Å². The van der Waals surface area contributed by atoms with Crippen molar-refractivity contribution >= 4 is 17.5 Å². The summed E-state index contributed by atoms with van der Waals surface area (Å²) in [6.07, 6.45) is 5.06. The number of amides is 2. The van der Waals surface area contributed by atoms with E-state index in [9.17, 15) is 9.59 Å². The molecule has 3 nitrogen and oxygen atoms in total. The monoisotopic (exact) mass is 293 g/mol. The lowest BCUT2D eigenvalue weighted by Crippen LogP contribution is -2.29. The van der Waals surface area contributed by atoms with Gasteiger partial charge in [-0.05, 0) is 48.6 Å². The van der Waals surface area contributed by atoms with Crippen LogP contribution in [0.2, 0.25) is 0 Å². The van der Waals surface area contributed by atoms with Gasteiger partial charge in [0, 0.05) is 1.43 Å². The number of fused-ring (bicyclic) bond motifs is 1. The molecule has 2 amide bonds. The molecule has 1 aliphatic carbocycles. The van der Waals surface area contributed by atoms with E-state index in [1.165, 1.54) is 29.7 Å². The lowest BCUT2D eigenvalue weighted by Gasteiger charge is -2.14. The Morgan fingerprint density at radius 1 is 0.909 bits per heavy atom. The second-order valence-corrected chi connectivity index (χ2v) is 6.14. The first-order chi connectivity index (χ1) is 10.7. The number of rotatable bonds is 4. The number of hydrogen-bond acceptors (Lipinski definition) is 2. The van der Waals surface area contributed by atoms with Crippen molar-refractivity contribution in [3.8, 4) is 0 Å². The van der Waals surface area contributed by atoms with Gasteiger partial charge in [-0.25, -0.2) is 4.90 Å². The standard InChI is InChI=1S/C19H17NO2.H2/c21-18-16-3-1-2-4-17(16)19(22)20(18)15-11-9-14(10-12-15)8-7-13-5-6-13;/h1-4,9-13H,5-8H2;1H.